The standard InChI is InChI=1S/C24H12O2/c1-2-7-14-13(6-1)16-9-5-11-20-21(16)22-17(14)12-18-15-8-3-4-10-19(15)25-23(18)24(22)26-20/h1-12H. The molecule has 0 aliphatic heterocycles. The minimum atomic E-state index is 0.839. The van der Waals surface area contributed by atoms with E-state index in [9.17, 15) is 0 Å². The molecule has 2 nitrogen and oxygen atoms in total. The van der Waals surface area contributed by atoms with Crippen LogP contribution >= 0.6 is 0 Å². The van der Waals surface area contributed by atoms with Crippen LogP contribution in [0.5, 0.6) is 0 Å². The molecule has 7 rings (SSSR count). The van der Waals surface area contributed by atoms with Crippen molar-refractivity contribution >= 4 is 65.4 Å². The van der Waals surface area contributed by atoms with Crippen molar-refractivity contribution in [1.82, 2.24) is 0 Å². The van der Waals surface area contributed by atoms with Gasteiger partial charge < -0.3 is 8.83 Å². The highest BCUT2D eigenvalue weighted by Gasteiger charge is 2.21. The van der Waals surface area contributed by atoms with Gasteiger partial charge in [0.05, 0.1) is 0 Å². The normalized spacial score (nSPS) is 12.6. The predicted octanol–water partition coefficient (Wildman–Crippen LogP) is 7.23. The molecule has 0 saturated carbocycles. The molecule has 0 N–H and O–H groups in total. The highest BCUT2D eigenvalue weighted by molar-refractivity contribution is 6.37. The van der Waals surface area contributed by atoms with E-state index in [1.54, 1.807) is 0 Å². The third-order valence-electron chi connectivity index (χ3n) is 5.62. The van der Waals surface area contributed by atoms with Crippen LogP contribution in [0.3, 0.4) is 0 Å². The topological polar surface area (TPSA) is 26.3 Å². The van der Waals surface area contributed by atoms with E-state index in [2.05, 4.69) is 54.6 Å². The van der Waals surface area contributed by atoms with E-state index in [1.807, 2.05) is 18.2 Å². The van der Waals surface area contributed by atoms with Crippen LogP contribution in [0.1, 0.15) is 0 Å². The van der Waals surface area contributed by atoms with Gasteiger partial charge in [-0.15, -0.1) is 0 Å². The molecule has 120 valence electrons. The fraction of sp³-hybridized carbons (Fsp3) is 0. The smallest absolute Gasteiger partial charge is 0.179 e. The number of hydrogen-bond acceptors (Lipinski definition) is 2. The fourth-order valence-electron chi connectivity index (χ4n) is 4.55. The lowest BCUT2D eigenvalue weighted by molar-refractivity contribution is 0.633. The van der Waals surface area contributed by atoms with E-state index in [1.165, 1.54) is 32.3 Å². The van der Waals surface area contributed by atoms with Gasteiger partial charge in [-0.05, 0) is 39.7 Å². The number of benzene rings is 5. The van der Waals surface area contributed by atoms with Gasteiger partial charge in [0, 0.05) is 21.5 Å². The molecule has 0 radical (unpaired) electrons. The van der Waals surface area contributed by atoms with Crippen molar-refractivity contribution in [1.29, 1.82) is 0 Å². The van der Waals surface area contributed by atoms with Crippen LogP contribution in [0, 0.1) is 0 Å². The number of furan rings is 2. The Hall–Kier alpha value is -3.52. The van der Waals surface area contributed by atoms with Crippen LogP contribution in [-0.4, -0.2) is 0 Å². The van der Waals surface area contributed by atoms with Gasteiger partial charge in [0.1, 0.15) is 11.2 Å². The molecule has 0 saturated heterocycles. The molecule has 0 spiro atoms. The van der Waals surface area contributed by atoms with Gasteiger partial charge in [-0.25, -0.2) is 0 Å². The van der Waals surface area contributed by atoms with E-state index < -0.39 is 0 Å². The molecule has 0 unspecified atom stereocenters. The minimum Gasteiger partial charge on any atom is -0.452 e. The molecule has 0 fully saturated rings. The van der Waals surface area contributed by atoms with Crippen LogP contribution < -0.4 is 0 Å². The Kier molecular flexibility index (Phi) is 2.05. The Bertz CT molecular complexity index is 1630. The van der Waals surface area contributed by atoms with Crippen molar-refractivity contribution in [3.8, 4) is 0 Å². The summed E-state index contributed by atoms with van der Waals surface area (Å²) in [6.45, 7) is 0. The quantitative estimate of drug-likeness (QED) is 0.274. The van der Waals surface area contributed by atoms with Gasteiger partial charge in [-0.1, -0.05) is 54.6 Å². The maximum atomic E-state index is 6.33. The van der Waals surface area contributed by atoms with Crippen LogP contribution in [-0.2, 0) is 0 Å². The molecular weight excluding hydrogens is 320 g/mol. The van der Waals surface area contributed by atoms with E-state index in [0.29, 0.717) is 0 Å². The monoisotopic (exact) mass is 332 g/mol. The summed E-state index contributed by atoms with van der Waals surface area (Å²) in [5, 5.41) is 9.59. The number of para-hydroxylation sites is 1. The first-order valence-corrected chi connectivity index (χ1v) is 8.79. The molecule has 2 heteroatoms. The molecule has 0 amide bonds. The molecule has 5 aromatic carbocycles. The second kappa shape index (κ2) is 4.17. The number of fused-ring (bicyclic) bond motifs is 7. The van der Waals surface area contributed by atoms with E-state index >= 15 is 0 Å². The van der Waals surface area contributed by atoms with Gasteiger partial charge >= 0.3 is 0 Å². The second-order valence-corrected chi connectivity index (χ2v) is 6.93. The Balaban J connectivity index is 1.94. The van der Waals surface area contributed by atoms with Gasteiger partial charge in [-0.2, -0.15) is 0 Å². The first-order chi connectivity index (χ1) is 12.9. The highest BCUT2D eigenvalue weighted by atomic mass is 16.4. The summed E-state index contributed by atoms with van der Waals surface area (Å²) in [5.41, 5.74) is 3.51. The van der Waals surface area contributed by atoms with E-state index in [4.69, 9.17) is 8.83 Å². The van der Waals surface area contributed by atoms with Crippen molar-refractivity contribution in [2.45, 2.75) is 0 Å². The lowest BCUT2D eigenvalue weighted by Gasteiger charge is -2.07. The average molecular weight is 332 g/mol. The zero-order valence-electron chi connectivity index (χ0n) is 13.7. The molecule has 2 aromatic heterocycles. The minimum absolute atomic E-state index is 0.839. The van der Waals surface area contributed by atoms with Crippen molar-refractivity contribution in [3.63, 3.8) is 0 Å². The third-order valence-corrected chi connectivity index (χ3v) is 5.62. The Labute approximate surface area is 147 Å². The summed E-state index contributed by atoms with van der Waals surface area (Å²) in [7, 11) is 0. The summed E-state index contributed by atoms with van der Waals surface area (Å²) in [5.74, 6) is 0. The molecule has 26 heavy (non-hydrogen) atoms. The Morgan fingerprint density at radius 1 is 0.423 bits per heavy atom. The van der Waals surface area contributed by atoms with Crippen LogP contribution in [0.25, 0.3) is 65.4 Å². The van der Waals surface area contributed by atoms with Gasteiger partial charge in [0.2, 0.25) is 0 Å². The molecule has 0 atom stereocenters. The summed E-state index contributed by atoms with van der Waals surface area (Å²) >= 11 is 0. The van der Waals surface area contributed by atoms with Crippen molar-refractivity contribution in [2.24, 2.45) is 0 Å². The largest absolute Gasteiger partial charge is 0.452 e. The van der Waals surface area contributed by atoms with Crippen molar-refractivity contribution < 1.29 is 8.83 Å². The average Bonchev–Trinajstić information content (AvgIpc) is 3.26. The lowest BCUT2D eigenvalue weighted by atomic mass is 9.93. The molecule has 2 heterocycles. The molecule has 0 bridgehead atoms. The SMILES string of the molecule is c1ccc2c(c1)oc1c2cc2c3ccccc3c3cccc4oc1c2c43. The fourth-order valence-corrected chi connectivity index (χ4v) is 4.55. The van der Waals surface area contributed by atoms with Crippen LogP contribution in [0.2, 0.25) is 0 Å². The first-order valence-electron chi connectivity index (χ1n) is 8.79. The molecule has 0 aliphatic carbocycles. The molecular formula is C24H12O2. The summed E-state index contributed by atoms with van der Waals surface area (Å²) in [6.07, 6.45) is 0. The van der Waals surface area contributed by atoms with Gasteiger partial charge in [0.25, 0.3) is 0 Å². The van der Waals surface area contributed by atoms with E-state index in [0.717, 1.165) is 33.1 Å². The summed E-state index contributed by atoms with van der Waals surface area (Å²) in [4.78, 5) is 0. The van der Waals surface area contributed by atoms with Gasteiger partial charge in [0.15, 0.2) is 11.2 Å². The summed E-state index contributed by atoms with van der Waals surface area (Å²) in [6, 6.07) is 25.4. The Morgan fingerprint density at radius 2 is 1.08 bits per heavy atom. The Morgan fingerprint density at radius 3 is 1.96 bits per heavy atom. The predicted molar refractivity (Wildman–Crippen MR) is 107 cm³/mol. The summed E-state index contributed by atoms with van der Waals surface area (Å²) < 4.78 is 12.5. The number of hydrogen-bond donors (Lipinski definition) is 0. The maximum Gasteiger partial charge on any atom is 0.179 e. The molecule has 7 aromatic rings. The molecule has 0 aliphatic rings. The lowest BCUT2D eigenvalue weighted by Crippen LogP contribution is -1.82. The maximum absolute atomic E-state index is 6.33. The van der Waals surface area contributed by atoms with Crippen LogP contribution in [0.4, 0.5) is 0 Å². The van der Waals surface area contributed by atoms with Crippen molar-refractivity contribution in [3.05, 3.63) is 72.8 Å². The van der Waals surface area contributed by atoms with Crippen molar-refractivity contribution in [2.75, 3.05) is 0 Å². The second-order valence-electron chi connectivity index (χ2n) is 6.93. The zero-order chi connectivity index (χ0) is 16.8. The first kappa shape index (κ1) is 12.8. The van der Waals surface area contributed by atoms with Gasteiger partial charge in [-0.3, -0.25) is 0 Å². The highest BCUT2D eigenvalue weighted by Crippen LogP contribution is 2.46. The zero-order valence-corrected chi connectivity index (χ0v) is 13.7. The van der Waals surface area contributed by atoms with E-state index in [-0.39, 0.29) is 0 Å². The number of rotatable bonds is 0. The third kappa shape index (κ3) is 1.33. The van der Waals surface area contributed by atoms with Crippen LogP contribution in [0.15, 0.2) is 81.6 Å².